The lowest BCUT2D eigenvalue weighted by Gasteiger charge is -2.28. The summed E-state index contributed by atoms with van der Waals surface area (Å²) in [5.41, 5.74) is 0. The predicted octanol–water partition coefficient (Wildman–Crippen LogP) is 3.02. The maximum Gasteiger partial charge on any atom is 0.327 e. The summed E-state index contributed by atoms with van der Waals surface area (Å²) in [5.74, 6) is 1.58. The maximum absolute atomic E-state index is 12.4. The summed E-state index contributed by atoms with van der Waals surface area (Å²) in [6.07, 6.45) is 9.18. The Morgan fingerprint density at radius 1 is 1.10 bits per heavy atom. The van der Waals surface area contributed by atoms with Gasteiger partial charge >= 0.3 is 6.03 Å². The predicted molar refractivity (Wildman–Crippen MR) is 77.2 cm³/mol. The number of carbonyl (C=O) groups excluding carboxylic acids is 2. The molecule has 112 valence electrons. The zero-order valence-corrected chi connectivity index (χ0v) is 12.5. The lowest BCUT2D eigenvalue weighted by Crippen LogP contribution is -2.39. The van der Waals surface area contributed by atoms with Gasteiger partial charge < -0.3 is 4.90 Å². The monoisotopic (exact) mass is 278 g/mol. The molecule has 3 unspecified atom stereocenters. The third-order valence-corrected chi connectivity index (χ3v) is 5.34. The van der Waals surface area contributed by atoms with Crippen LogP contribution in [0.4, 0.5) is 4.79 Å². The van der Waals surface area contributed by atoms with Crippen molar-refractivity contribution >= 4 is 11.9 Å². The van der Waals surface area contributed by atoms with Gasteiger partial charge in [-0.2, -0.15) is 0 Å². The largest absolute Gasteiger partial charge is 0.327 e. The third-order valence-electron chi connectivity index (χ3n) is 5.34. The Bertz CT molecular complexity index is 372. The average molecular weight is 278 g/mol. The van der Waals surface area contributed by atoms with Crippen LogP contribution < -0.4 is 0 Å². The minimum absolute atomic E-state index is 0.0245. The van der Waals surface area contributed by atoms with Gasteiger partial charge in [-0.3, -0.25) is 9.69 Å². The Labute approximate surface area is 121 Å². The van der Waals surface area contributed by atoms with Crippen molar-refractivity contribution < 1.29 is 9.59 Å². The first-order chi connectivity index (χ1) is 9.66. The van der Waals surface area contributed by atoms with Gasteiger partial charge in [0.15, 0.2) is 0 Å². The van der Waals surface area contributed by atoms with Crippen LogP contribution >= 0.6 is 0 Å². The minimum atomic E-state index is -0.137. The van der Waals surface area contributed by atoms with E-state index in [0.29, 0.717) is 12.5 Å². The number of hydrogen-bond donors (Lipinski definition) is 0. The summed E-state index contributed by atoms with van der Waals surface area (Å²) in [5, 5.41) is 0. The number of carbonyl (C=O) groups is 2. The molecule has 0 aromatic carbocycles. The van der Waals surface area contributed by atoms with Crippen LogP contribution in [0.2, 0.25) is 0 Å². The summed E-state index contributed by atoms with van der Waals surface area (Å²) in [7, 11) is 0. The number of amides is 3. The minimum Gasteiger partial charge on any atom is -0.312 e. The molecule has 3 aliphatic rings. The molecule has 4 nitrogen and oxygen atoms in total. The van der Waals surface area contributed by atoms with Crippen molar-refractivity contribution in [2.45, 2.75) is 64.3 Å². The molecule has 3 atom stereocenters. The second-order valence-corrected chi connectivity index (χ2v) is 6.90. The summed E-state index contributed by atoms with van der Waals surface area (Å²) in [6, 6.07) is -0.162. The molecule has 0 spiro atoms. The maximum atomic E-state index is 12.4. The molecule has 1 aliphatic carbocycles. The van der Waals surface area contributed by atoms with E-state index >= 15 is 0 Å². The van der Waals surface area contributed by atoms with Gasteiger partial charge in [0.25, 0.3) is 5.91 Å². The van der Waals surface area contributed by atoms with Gasteiger partial charge in [0.1, 0.15) is 6.04 Å². The molecule has 3 fully saturated rings. The van der Waals surface area contributed by atoms with Crippen molar-refractivity contribution in [2.75, 3.05) is 13.1 Å². The highest BCUT2D eigenvalue weighted by atomic mass is 16.2. The van der Waals surface area contributed by atoms with Crippen LogP contribution in [-0.4, -0.2) is 40.9 Å². The van der Waals surface area contributed by atoms with E-state index in [1.165, 1.54) is 30.6 Å². The zero-order chi connectivity index (χ0) is 14.1. The van der Waals surface area contributed by atoms with Crippen molar-refractivity contribution in [2.24, 2.45) is 11.8 Å². The molecule has 3 amide bonds. The van der Waals surface area contributed by atoms with E-state index in [2.05, 4.69) is 6.92 Å². The molecule has 0 aromatic heterocycles. The first kappa shape index (κ1) is 13.9. The molecular weight excluding hydrogens is 252 g/mol. The first-order valence-corrected chi connectivity index (χ1v) is 8.29. The highest BCUT2D eigenvalue weighted by Gasteiger charge is 2.45. The Morgan fingerprint density at radius 2 is 1.95 bits per heavy atom. The smallest absolute Gasteiger partial charge is 0.312 e. The number of rotatable bonds is 3. The summed E-state index contributed by atoms with van der Waals surface area (Å²) in [4.78, 5) is 28.0. The number of piperidine rings is 1. The summed E-state index contributed by atoms with van der Waals surface area (Å²) in [6.45, 7) is 3.73. The number of urea groups is 1. The number of imide groups is 1. The number of hydrogen-bond acceptors (Lipinski definition) is 2. The molecule has 0 N–H and O–H groups in total. The first-order valence-electron chi connectivity index (χ1n) is 8.29. The summed E-state index contributed by atoms with van der Waals surface area (Å²) >= 11 is 0. The van der Waals surface area contributed by atoms with Gasteiger partial charge in [-0.25, -0.2) is 4.79 Å². The molecule has 1 saturated carbocycles. The van der Waals surface area contributed by atoms with Crippen LogP contribution in [0, 0.1) is 11.8 Å². The van der Waals surface area contributed by atoms with E-state index < -0.39 is 0 Å². The van der Waals surface area contributed by atoms with Crippen LogP contribution in [0.25, 0.3) is 0 Å². The standard InChI is InChI=1S/C16H26N2O2/c1-12-5-4-6-13(11-12)8-10-18-15(19)14-7-2-3-9-17(14)16(18)20/h12-14H,2-11H2,1H3. The lowest BCUT2D eigenvalue weighted by atomic mass is 9.81. The molecule has 3 rings (SSSR count). The molecule has 2 aliphatic heterocycles. The van der Waals surface area contributed by atoms with Gasteiger partial charge in [0, 0.05) is 13.1 Å². The van der Waals surface area contributed by atoms with Crippen molar-refractivity contribution in [3.05, 3.63) is 0 Å². The highest BCUT2D eigenvalue weighted by molar-refractivity contribution is 6.04. The third kappa shape index (κ3) is 2.57. The van der Waals surface area contributed by atoms with Gasteiger partial charge in [-0.1, -0.05) is 26.2 Å². The van der Waals surface area contributed by atoms with E-state index in [-0.39, 0.29) is 18.0 Å². The SMILES string of the molecule is CC1CCCC(CCN2C(=O)C3CCCCN3C2=O)C1. The Kier molecular flexibility index (Phi) is 3.99. The van der Waals surface area contributed by atoms with Gasteiger partial charge in [0.2, 0.25) is 0 Å². The number of nitrogens with zero attached hydrogens (tertiary/aromatic N) is 2. The average Bonchev–Trinajstić information content (AvgIpc) is 2.70. The van der Waals surface area contributed by atoms with Crippen LogP contribution in [0.15, 0.2) is 0 Å². The van der Waals surface area contributed by atoms with Crippen LogP contribution in [-0.2, 0) is 4.79 Å². The highest BCUT2D eigenvalue weighted by Crippen LogP contribution is 2.32. The van der Waals surface area contributed by atoms with Crippen molar-refractivity contribution in [3.8, 4) is 0 Å². The van der Waals surface area contributed by atoms with E-state index in [1.807, 2.05) is 0 Å². The van der Waals surface area contributed by atoms with Crippen LogP contribution in [0.5, 0.6) is 0 Å². The van der Waals surface area contributed by atoms with Gasteiger partial charge in [-0.05, 0) is 43.9 Å². The van der Waals surface area contributed by atoms with Crippen LogP contribution in [0.3, 0.4) is 0 Å². The molecule has 0 aromatic rings. The Balaban J connectivity index is 1.57. The quantitative estimate of drug-likeness (QED) is 0.745. The van der Waals surface area contributed by atoms with Crippen molar-refractivity contribution in [1.82, 2.24) is 9.80 Å². The van der Waals surface area contributed by atoms with E-state index in [1.54, 1.807) is 4.90 Å². The normalized spacial score (nSPS) is 34.5. The fourth-order valence-electron chi connectivity index (χ4n) is 4.19. The molecular formula is C16H26N2O2. The molecule has 4 heteroatoms. The molecule has 0 radical (unpaired) electrons. The van der Waals surface area contributed by atoms with E-state index in [4.69, 9.17) is 0 Å². The molecule has 20 heavy (non-hydrogen) atoms. The molecule has 2 heterocycles. The van der Waals surface area contributed by atoms with Gasteiger partial charge in [-0.15, -0.1) is 0 Å². The molecule has 2 saturated heterocycles. The fraction of sp³-hybridized carbons (Fsp3) is 0.875. The summed E-state index contributed by atoms with van der Waals surface area (Å²) < 4.78 is 0. The van der Waals surface area contributed by atoms with Crippen molar-refractivity contribution in [3.63, 3.8) is 0 Å². The van der Waals surface area contributed by atoms with E-state index in [9.17, 15) is 9.59 Å². The van der Waals surface area contributed by atoms with Crippen molar-refractivity contribution in [1.29, 1.82) is 0 Å². The Hall–Kier alpha value is -1.06. The second-order valence-electron chi connectivity index (χ2n) is 6.90. The second kappa shape index (κ2) is 5.74. The van der Waals surface area contributed by atoms with E-state index in [0.717, 1.165) is 38.1 Å². The van der Waals surface area contributed by atoms with Gasteiger partial charge in [0.05, 0.1) is 0 Å². The van der Waals surface area contributed by atoms with Crippen LogP contribution in [0.1, 0.15) is 58.3 Å². The molecule has 0 bridgehead atoms. The number of fused-ring (bicyclic) bond motifs is 1. The topological polar surface area (TPSA) is 40.6 Å². The Morgan fingerprint density at radius 3 is 2.70 bits per heavy atom. The zero-order valence-electron chi connectivity index (χ0n) is 12.5. The fourth-order valence-corrected chi connectivity index (χ4v) is 4.19. The lowest BCUT2D eigenvalue weighted by molar-refractivity contribution is -0.129.